The molecular formula is C20H30O4. The largest absolute Gasteiger partial charge is 0.393 e. The van der Waals surface area contributed by atoms with Crippen molar-refractivity contribution in [2.75, 3.05) is 0 Å². The SMILES string of the molecule is C=C1C(=O)[C@@]23C(CC[C@@H]1[C@H]2O)[C@@]1(C)C(C[C@H]3O)C(C)(C)CC[C@@H]1O. The highest BCUT2D eigenvalue weighted by atomic mass is 16.3. The Balaban J connectivity index is 1.91. The molecule has 4 heteroatoms. The second-order valence-corrected chi connectivity index (χ2v) is 9.68. The quantitative estimate of drug-likeness (QED) is 0.593. The van der Waals surface area contributed by atoms with E-state index >= 15 is 0 Å². The van der Waals surface area contributed by atoms with Crippen LogP contribution in [0, 0.1) is 34.0 Å². The van der Waals surface area contributed by atoms with Crippen molar-refractivity contribution in [3.05, 3.63) is 12.2 Å². The lowest BCUT2D eigenvalue weighted by atomic mass is 9.39. The van der Waals surface area contributed by atoms with Crippen molar-refractivity contribution in [2.45, 2.75) is 71.2 Å². The lowest BCUT2D eigenvalue weighted by Gasteiger charge is -2.66. The Kier molecular flexibility index (Phi) is 3.29. The zero-order valence-electron chi connectivity index (χ0n) is 15.0. The highest BCUT2D eigenvalue weighted by Gasteiger charge is 2.75. The maximum atomic E-state index is 13.1. The van der Waals surface area contributed by atoms with Crippen LogP contribution in [-0.2, 0) is 4.79 Å². The molecule has 0 amide bonds. The van der Waals surface area contributed by atoms with E-state index in [0.29, 0.717) is 12.0 Å². The van der Waals surface area contributed by atoms with Gasteiger partial charge in [-0.2, -0.15) is 0 Å². The van der Waals surface area contributed by atoms with Gasteiger partial charge >= 0.3 is 0 Å². The maximum absolute atomic E-state index is 13.1. The number of ketones is 1. The van der Waals surface area contributed by atoms with Crippen molar-refractivity contribution in [3.63, 3.8) is 0 Å². The van der Waals surface area contributed by atoms with Gasteiger partial charge in [0.15, 0.2) is 5.78 Å². The summed E-state index contributed by atoms with van der Waals surface area (Å²) in [5, 5.41) is 33.1. The minimum Gasteiger partial charge on any atom is -0.393 e. The minimum absolute atomic E-state index is 0.0109. The van der Waals surface area contributed by atoms with E-state index in [1.54, 1.807) is 0 Å². The molecule has 0 aromatic rings. The second kappa shape index (κ2) is 4.72. The molecule has 2 unspecified atom stereocenters. The molecular weight excluding hydrogens is 304 g/mol. The van der Waals surface area contributed by atoms with Gasteiger partial charge in [-0.15, -0.1) is 0 Å². The number of aliphatic hydroxyl groups excluding tert-OH is 3. The number of hydrogen-bond acceptors (Lipinski definition) is 4. The van der Waals surface area contributed by atoms with E-state index in [9.17, 15) is 20.1 Å². The Bertz CT molecular complexity index is 611. The number of Topliss-reactive ketones (excluding diaryl/α,β-unsaturated/α-hetero) is 1. The third-order valence-corrected chi connectivity index (χ3v) is 8.58. The molecule has 1 spiro atoms. The number of carbonyl (C=O) groups is 1. The van der Waals surface area contributed by atoms with E-state index < -0.39 is 29.1 Å². The molecule has 4 aliphatic carbocycles. The summed E-state index contributed by atoms with van der Waals surface area (Å²) in [6.07, 6.45) is 1.40. The highest BCUT2D eigenvalue weighted by molar-refractivity contribution is 6.04. The van der Waals surface area contributed by atoms with E-state index in [1.807, 2.05) is 0 Å². The molecule has 0 aromatic heterocycles. The van der Waals surface area contributed by atoms with Crippen molar-refractivity contribution in [2.24, 2.45) is 34.0 Å². The van der Waals surface area contributed by atoms with Crippen molar-refractivity contribution in [1.29, 1.82) is 0 Å². The van der Waals surface area contributed by atoms with Crippen LogP contribution in [0.3, 0.4) is 0 Å². The lowest BCUT2D eigenvalue weighted by molar-refractivity contribution is -0.251. The van der Waals surface area contributed by atoms with E-state index in [4.69, 9.17) is 0 Å². The van der Waals surface area contributed by atoms with Crippen molar-refractivity contribution in [1.82, 2.24) is 0 Å². The van der Waals surface area contributed by atoms with Crippen LogP contribution in [0.15, 0.2) is 12.2 Å². The summed E-state index contributed by atoms with van der Waals surface area (Å²) in [6.45, 7) is 10.5. The number of hydrogen-bond donors (Lipinski definition) is 3. The van der Waals surface area contributed by atoms with E-state index in [1.165, 1.54) is 0 Å². The van der Waals surface area contributed by atoms with Crippen LogP contribution in [0.25, 0.3) is 0 Å². The smallest absolute Gasteiger partial charge is 0.170 e. The Hall–Kier alpha value is -0.710. The highest BCUT2D eigenvalue weighted by Crippen LogP contribution is 2.70. The maximum Gasteiger partial charge on any atom is 0.170 e. The van der Waals surface area contributed by atoms with Gasteiger partial charge in [-0.1, -0.05) is 27.4 Å². The first-order valence-electron chi connectivity index (χ1n) is 9.37. The van der Waals surface area contributed by atoms with Crippen LogP contribution in [0.5, 0.6) is 0 Å². The Morgan fingerprint density at radius 2 is 1.67 bits per heavy atom. The summed E-state index contributed by atoms with van der Waals surface area (Å²) in [7, 11) is 0. The lowest BCUT2D eigenvalue weighted by Crippen LogP contribution is -2.69. The summed E-state index contributed by atoms with van der Waals surface area (Å²) < 4.78 is 0. The van der Waals surface area contributed by atoms with Gasteiger partial charge < -0.3 is 15.3 Å². The molecule has 4 aliphatic rings. The third-order valence-electron chi connectivity index (χ3n) is 8.58. The zero-order chi connectivity index (χ0) is 17.7. The van der Waals surface area contributed by atoms with Crippen molar-refractivity contribution >= 4 is 5.78 Å². The molecule has 24 heavy (non-hydrogen) atoms. The molecule has 0 heterocycles. The second-order valence-electron chi connectivity index (χ2n) is 9.68. The summed E-state index contributed by atoms with van der Waals surface area (Å²) in [5.74, 6) is -0.418. The molecule has 0 saturated heterocycles. The van der Waals surface area contributed by atoms with Crippen LogP contribution >= 0.6 is 0 Å². The van der Waals surface area contributed by atoms with Crippen LogP contribution in [0.1, 0.15) is 52.9 Å². The summed E-state index contributed by atoms with van der Waals surface area (Å²) in [4.78, 5) is 13.1. The standard InChI is InChI=1S/C20H30O4/c1-10-11-5-6-12-19(4)13(18(2,3)8-7-14(19)21)9-15(22)20(12,16(10)23)17(11)24/h11-15,17,21-22,24H,1,5-9H2,2-4H3/t11-,12?,13?,14-,15+,17+,19-,20-/m0/s1. The molecule has 0 aromatic carbocycles. The normalized spacial score (nSPS) is 55.9. The fourth-order valence-electron chi connectivity index (χ4n) is 7.33. The van der Waals surface area contributed by atoms with Crippen LogP contribution in [-0.4, -0.2) is 39.4 Å². The first-order chi connectivity index (χ1) is 11.1. The van der Waals surface area contributed by atoms with Crippen LogP contribution < -0.4 is 0 Å². The van der Waals surface area contributed by atoms with Gasteiger partial charge in [0, 0.05) is 11.3 Å². The van der Waals surface area contributed by atoms with Crippen molar-refractivity contribution in [3.8, 4) is 0 Å². The topological polar surface area (TPSA) is 77.8 Å². The molecule has 134 valence electrons. The summed E-state index contributed by atoms with van der Waals surface area (Å²) in [6, 6.07) is 0. The van der Waals surface area contributed by atoms with Gasteiger partial charge in [-0.05, 0) is 54.9 Å². The Morgan fingerprint density at radius 1 is 1.00 bits per heavy atom. The van der Waals surface area contributed by atoms with E-state index in [0.717, 1.165) is 25.7 Å². The van der Waals surface area contributed by atoms with Gasteiger partial charge in [-0.3, -0.25) is 4.79 Å². The number of aliphatic hydroxyl groups is 3. The Morgan fingerprint density at radius 3 is 2.33 bits per heavy atom. The molecule has 2 bridgehead atoms. The first-order valence-corrected chi connectivity index (χ1v) is 9.37. The monoisotopic (exact) mass is 334 g/mol. The van der Waals surface area contributed by atoms with Gasteiger partial charge in [0.05, 0.1) is 23.7 Å². The Labute approximate surface area is 144 Å². The molecule has 4 saturated carbocycles. The average molecular weight is 334 g/mol. The molecule has 0 aliphatic heterocycles. The molecule has 4 fully saturated rings. The molecule has 4 rings (SSSR count). The molecule has 4 nitrogen and oxygen atoms in total. The third kappa shape index (κ3) is 1.59. The van der Waals surface area contributed by atoms with Crippen molar-refractivity contribution < 1.29 is 20.1 Å². The summed E-state index contributed by atoms with van der Waals surface area (Å²) >= 11 is 0. The summed E-state index contributed by atoms with van der Waals surface area (Å²) in [5.41, 5.74) is -1.11. The molecule has 8 atom stereocenters. The molecule has 3 N–H and O–H groups in total. The average Bonchev–Trinajstić information content (AvgIpc) is 2.63. The van der Waals surface area contributed by atoms with Gasteiger partial charge in [-0.25, -0.2) is 0 Å². The number of rotatable bonds is 0. The van der Waals surface area contributed by atoms with E-state index in [-0.39, 0.29) is 29.0 Å². The van der Waals surface area contributed by atoms with Gasteiger partial charge in [0.2, 0.25) is 0 Å². The predicted molar refractivity (Wildman–Crippen MR) is 90.0 cm³/mol. The van der Waals surface area contributed by atoms with Crippen LogP contribution in [0.4, 0.5) is 0 Å². The van der Waals surface area contributed by atoms with Crippen LogP contribution in [0.2, 0.25) is 0 Å². The van der Waals surface area contributed by atoms with Gasteiger partial charge in [0.1, 0.15) is 0 Å². The predicted octanol–water partition coefficient (Wildman–Crippen LogP) is 2.07. The number of fused-ring (bicyclic) bond motifs is 3. The first kappa shape index (κ1) is 16.7. The number of carbonyl (C=O) groups excluding carboxylic acids is 1. The molecule has 0 radical (unpaired) electrons. The van der Waals surface area contributed by atoms with Gasteiger partial charge in [0.25, 0.3) is 0 Å². The fourth-order valence-corrected chi connectivity index (χ4v) is 7.33. The minimum atomic E-state index is -1.15. The zero-order valence-corrected chi connectivity index (χ0v) is 15.0. The fraction of sp³-hybridized carbons (Fsp3) is 0.850. The van der Waals surface area contributed by atoms with E-state index in [2.05, 4.69) is 27.4 Å².